The van der Waals surface area contributed by atoms with E-state index in [0.29, 0.717) is 5.92 Å². The molecule has 1 aliphatic rings. The zero-order chi connectivity index (χ0) is 12.1. The molecule has 0 spiro atoms. The number of hydrogen-bond donors (Lipinski definition) is 1. The number of rotatable bonds is 5. The van der Waals surface area contributed by atoms with E-state index in [1.807, 2.05) is 6.07 Å². The third-order valence-electron chi connectivity index (χ3n) is 3.66. The van der Waals surface area contributed by atoms with Gasteiger partial charge in [0.2, 0.25) is 0 Å². The standard InChI is InChI=1S/C15H23NO/c1-2-3-9-14-11-16(12-15(14)17)10-13-7-5-4-6-8-13/h4-8,14-15,17H,2-3,9-12H2,1H3/t14-,15-/m0/s1. The first-order valence-electron chi connectivity index (χ1n) is 6.74. The summed E-state index contributed by atoms with van der Waals surface area (Å²) in [5.41, 5.74) is 1.34. The maximum absolute atomic E-state index is 10.0. The minimum absolute atomic E-state index is 0.120. The van der Waals surface area contributed by atoms with E-state index in [2.05, 4.69) is 36.1 Å². The van der Waals surface area contributed by atoms with Crippen molar-refractivity contribution >= 4 is 0 Å². The van der Waals surface area contributed by atoms with Crippen LogP contribution in [0.25, 0.3) is 0 Å². The second-order valence-corrected chi connectivity index (χ2v) is 5.15. The Labute approximate surface area is 104 Å². The lowest BCUT2D eigenvalue weighted by atomic mass is 9.99. The largest absolute Gasteiger partial charge is 0.391 e. The number of aliphatic hydroxyl groups excluding tert-OH is 1. The summed E-state index contributed by atoms with van der Waals surface area (Å²) in [6, 6.07) is 10.5. The number of benzene rings is 1. The molecule has 1 fully saturated rings. The molecule has 0 amide bonds. The van der Waals surface area contributed by atoms with Crippen molar-refractivity contribution in [2.75, 3.05) is 13.1 Å². The molecule has 1 aliphatic heterocycles. The molecule has 2 atom stereocenters. The van der Waals surface area contributed by atoms with E-state index in [1.54, 1.807) is 0 Å². The number of aliphatic hydroxyl groups is 1. The quantitative estimate of drug-likeness (QED) is 0.845. The van der Waals surface area contributed by atoms with Crippen LogP contribution in [-0.2, 0) is 6.54 Å². The van der Waals surface area contributed by atoms with E-state index in [-0.39, 0.29) is 6.10 Å². The Balaban J connectivity index is 1.84. The summed E-state index contributed by atoms with van der Waals surface area (Å²) in [4.78, 5) is 2.38. The van der Waals surface area contributed by atoms with E-state index in [1.165, 1.54) is 24.8 Å². The first kappa shape index (κ1) is 12.6. The highest BCUT2D eigenvalue weighted by atomic mass is 16.3. The molecule has 1 aromatic carbocycles. The molecule has 2 heteroatoms. The van der Waals surface area contributed by atoms with Gasteiger partial charge in [-0.05, 0) is 17.9 Å². The molecular formula is C15H23NO. The second kappa shape index (κ2) is 6.18. The topological polar surface area (TPSA) is 23.5 Å². The number of nitrogens with zero attached hydrogens (tertiary/aromatic N) is 1. The Kier molecular flexibility index (Phi) is 4.57. The normalized spacial score (nSPS) is 25.3. The SMILES string of the molecule is CCCC[C@H]1CN(Cc2ccccc2)C[C@@H]1O. The third-order valence-corrected chi connectivity index (χ3v) is 3.66. The summed E-state index contributed by atoms with van der Waals surface area (Å²) in [6.45, 7) is 5.07. The molecule has 0 saturated carbocycles. The molecule has 1 heterocycles. The molecule has 0 aliphatic carbocycles. The molecule has 17 heavy (non-hydrogen) atoms. The summed E-state index contributed by atoms with van der Waals surface area (Å²) in [7, 11) is 0. The average molecular weight is 233 g/mol. The summed E-state index contributed by atoms with van der Waals surface area (Å²) < 4.78 is 0. The van der Waals surface area contributed by atoms with Crippen molar-refractivity contribution in [3.8, 4) is 0 Å². The molecule has 0 radical (unpaired) electrons. The van der Waals surface area contributed by atoms with Crippen LogP contribution in [0.1, 0.15) is 31.7 Å². The van der Waals surface area contributed by atoms with Crippen LogP contribution in [0.5, 0.6) is 0 Å². The molecule has 2 nitrogen and oxygen atoms in total. The molecule has 94 valence electrons. The Morgan fingerprint density at radius 2 is 2.00 bits per heavy atom. The van der Waals surface area contributed by atoms with Gasteiger partial charge in [-0.2, -0.15) is 0 Å². The van der Waals surface area contributed by atoms with Gasteiger partial charge in [-0.25, -0.2) is 0 Å². The maximum atomic E-state index is 10.0. The molecule has 0 bridgehead atoms. The van der Waals surface area contributed by atoms with Gasteiger partial charge in [0, 0.05) is 19.6 Å². The minimum Gasteiger partial charge on any atom is -0.391 e. The van der Waals surface area contributed by atoms with Crippen LogP contribution in [0.15, 0.2) is 30.3 Å². The zero-order valence-electron chi connectivity index (χ0n) is 10.7. The first-order chi connectivity index (χ1) is 8.29. The molecule has 0 unspecified atom stereocenters. The van der Waals surface area contributed by atoms with Crippen LogP contribution in [0.4, 0.5) is 0 Å². The lowest BCUT2D eigenvalue weighted by Crippen LogP contribution is -2.21. The predicted molar refractivity (Wildman–Crippen MR) is 70.7 cm³/mol. The Morgan fingerprint density at radius 1 is 1.24 bits per heavy atom. The summed E-state index contributed by atoms with van der Waals surface area (Å²) in [5.74, 6) is 0.485. The lowest BCUT2D eigenvalue weighted by molar-refractivity contribution is 0.136. The monoisotopic (exact) mass is 233 g/mol. The van der Waals surface area contributed by atoms with Gasteiger partial charge in [0.15, 0.2) is 0 Å². The van der Waals surface area contributed by atoms with Gasteiger partial charge in [0.1, 0.15) is 0 Å². The second-order valence-electron chi connectivity index (χ2n) is 5.15. The van der Waals surface area contributed by atoms with E-state index < -0.39 is 0 Å². The van der Waals surface area contributed by atoms with Gasteiger partial charge >= 0.3 is 0 Å². The summed E-state index contributed by atoms with van der Waals surface area (Å²) in [6.07, 6.45) is 3.51. The predicted octanol–water partition coefficient (Wildman–Crippen LogP) is 2.67. The average Bonchev–Trinajstić information content (AvgIpc) is 2.68. The first-order valence-corrected chi connectivity index (χ1v) is 6.74. The van der Waals surface area contributed by atoms with Crippen LogP contribution in [0.2, 0.25) is 0 Å². The van der Waals surface area contributed by atoms with Crippen molar-refractivity contribution in [1.82, 2.24) is 4.90 Å². The third kappa shape index (κ3) is 3.55. The Bertz CT molecular complexity index is 325. The fourth-order valence-corrected chi connectivity index (χ4v) is 2.66. The number of unbranched alkanes of at least 4 members (excludes halogenated alkanes) is 1. The number of likely N-dealkylation sites (tertiary alicyclic amines) is 1. The fraction of sp³-hybridized carbons (Fsp3) is 0.600. The van der Waals surface area contributed by atoms with Crippen molar-refractivity contribution in [3.63, 3.8) is 0 Å². The summed E-state index contributed by atoms with van der Waals surface area (Å²) in [5, 5.41) is 10.0. The van der Waals surface area contributed by atoms with Crippen molar-refractivity contribution in [2.24, 2.45) is 5.92 Å². The van der Waals surface area contributed by atoms with Crippen LogP contribution >= 0.6 is 0 Å². The number of β-amino-alcohol motifs (C(OH)–C–C–N with tert-alkyl or cyclic N) is 1. The summed E-state index contributed by atoms with van der Waals surface area (Å²) >= 11 is 0. The van der Waals surface area contributed by atoms with Crippen LogP contribution < -0.4 is 0 Å². The van der Waals surface area contributed by atoms with Gasteiger partial charge in [-0.3, -0.25) is 4.90 Å². The van der Waals surface area contributed by atoms with E-state index in [0.717, 1.165) is 19.6 Å². The van der Waals surface area contributed by atoms with Crippen LogP contribution in [0, 0.1) is 5.92 Å². The van der Waals surface area contributed by atoms with Crippen molar-refractivity contribution < 1.29 is 5.11 Å². The highest BCUT2D eigenvalue weighted by Gasteiger charge is 2.30. The van der Waals surface area contributed by atoms with Gasteiger partial charge in [-0.1, -0.05) is 50.1 Å². The van der Waals surface area contributed by atoms with E-state index >= 15 is 0 Å². The van der Waals surface area contributed by atoms with Gasteiger partial charge in [-0.15, -0.1) is 0 Å². The number of hydrogen-bond acceptors (Lipinski definition) is 2. The van der Waals surface area contributed by atoms with E-state index in [9.17, 15) is 5.11 Å². The van der Waals surface area contributed by atoms with Crippen LogP contribution in [-0.4, -0.2) is 29.2 Å². The van der Waals surface area contributed by atoms with Crippen LogP contribution in [0.3, 0.4) is 0 Å². The van der Waals surface area contributed by atoms with Gasteiger partial charge in [0.05, 0.1) is 6.10 Å². The molecule has 1 N–H and O–H groups in total. The maximum Gasteiger partial charge on any atom is 0.0707 e. The van der Waals surface area contributed by atoms with Crippen molar-refractivity contribution in [2.45, 2.75) is 38.8 Å². The molecule has 0 aromatic heterocycles. The molecule has 1 saturated heterocycles. The smallest absolute Gasteiger partial charge is 0.0707 e. The fourth-order valence-electron chi connectivity index (χ4n) is 2.66. The Morgan fingerprint density at radius 3 is 2.71 bits per heavy atom. The lowest BCUT2D eigenvalue weighted by Gasteiger charge is -2.15. The van der Waals surface area contributed by atoms with E-state index in [4.69, 9.17) is 0 Å². The molecular weight excluding hydrogens is 210 g/mol. The van der Waals surface area contributed by atoms with Crippen molar-refractivity contribution in [3.05, 3.63) is 35.9 Å². The van der Waals surface area contributed by atoms with Gasteiger partial charge < -0.3 is 5.11 Å². The molecule has 2 rings (SSSR count). The Hall–Kier alpha value is -0.860. The highest BCUT2D eigenvalue weighted by molar-refractivity contribution is 5.14. The zero-order valence-corrected chi connectivity index (χ0v) is 10.7. The highest BCUT2D eigenvalue weighted by Crippen LogP contribution is 2.23. The minimum atomic E-state index is -0.120. The van der Waals surface area contributed by atoms with Crippen molar-refractivity contribution in [1.29, 1.82) is 0 Å². The molecule has 1 aromatic rings. The van der Waals surface area contributed by atoms with Gasteiger partial charge in [0.25, 0.3) is 0 Å².